The third kappa shape index (κ3) is 2.92. The van der Waals surface area contributed by atoms with Gasteiger partial charge in [-0.1, -0.05) is 18.2 Å². The van der Waals surface area contributed by atoms with Crippen LogP contribution in [0.1, 0.15) is 17.2 Å². The highest BCUT2D eigenvalue weighted by atomic mass is 127. The zero-order valence-corrected chi connectivity index (χ0v) is 12.8. The Labute approximate surface area is 129 Å². The van der Waals surface area contributed by atoms with Gasteiger partial charge in [-0.15, -0.1) is 0 Å². The van der Waals surface area contributed by atoms with Crippen LogP contribution in [0.15, 0.2) is 36.4 Å². The normalized spacial score (nSPS) is 12.2. The lowest BCUT2D eigenvalue weighted by Gasteiger charge is -2.20. The SMILES string of the molecule is COc1cccc(C(NN)c2ccc(F)cc2I)c1F. The molecule has 0 fully saturated rings. The van der Waals surface area contributed by atoms with Gasteiger partial charge in [-0.3, -0.25) is 5.84 Å². The molecule has 0 aliphatic carbocycles. The number of hydrogen-bond donors (Lipinski definition) is 2. The Bertz CT molecular complexity index is 622. The van der Waals surface area contributed by atoms with Gasteiger partial charge in [-0.25, -0.2) is 14.2 Å². The second-order valence-corrected chi connectivity index (χ2v) is 5.29. The van der Waals surface area contributed by atoms with E-state index >= 15 is 0 Å². The maximum atomic E-state index is 14.3. The highest BCUT2D eigenvalue weighted by Gasteiger charge is 2.21. The first-order valence-electron chi connectivity index (χ1n) is 5.82. The number of nitrogens with one attached hydrogen (secondary N) is 1. The van der Waals surface area contributed by atoms with E-state index in [1.807, 2.05) is 22.6 Å². The Morgan fingerprint density at radius 3 is 2.55 bits per heavy atom. The van der Waals surface area contributed by atoms with Crippen LogP contribution in [0.5, 0.6) is 5.75 Å². The molecule has 0 amide bonds. The summed E-state index contributed by atoms with van der Waals surface area (Å²) >= 11 is 1.99. The number of rotatable bonds is 4. The van der Waals surface area contributed by atoms with Crippen LogP contribution >= 0.6 is 22.6 Å². The second kappa shape index (κ2) is 6.47. The fraction of sp³-hybridized carbons (Fsp3) is 0.143. The minimum absolute atomic E-state index is 0.139. The quantitative estimate of drug-likeness (QED) is 0.479. The summed E-state index contributed by atoms with van der Waals surface area (Å²) in [6.45, 7) is 0. The summed E-state index contributed by atoms with van der Waals surface area (Å²) in [5, 5.41) is 0. The van der Waals surface area contributed by atoms with E-state index in [4.69, 9.17) is 10.6 Å². The number of ether oxygens (including phenoxy) is 1. The van der Waals surface area contributed by atoms with E-state index in [9.17, 15) is 8.78 Å². The monoisotopic (exact) mass is 390 g/mol. The third-order valence-corrected chi connectivity index (χ3v) is 3.90. The molecule has 0 radical (unpaired) electrons. The van der Waals surface area contributed by atoms with Crippen LogP contribution in [0.2, 0.25) is 0 Å². The average molecular weight is 390 g/mol. The topological polar surface area (TPSA) is 47.3 Å². The summed E-state index contributed by atoms with van der Waals surface area (Å²) < 4.78 is 33.1. The van der Waals surface area contributed by atoms with Gasteiger partial charge in [-0.05, 0) is 46.4 Å². The van der Waals surface area contributed by atoms with Gasteiger partial charge < -0.3 is 4.74 Å². The van der Waals surface area contributed by atoms with Crippen LogP contribution in [0.4, 0.5) is 8.78 Å². The molecule has 6 heteroatoms. The summed E-state index contributed by atoms with van der Waals surface area (Å²) in [6, 6.07) is 8.51. The van der Waals surface area contributed by atoms with Crippen LogP contribution < -0.4 is 16.0 Å². The Morgan fingerprint density at radius 2 is 1.95 bits per heavy atom. The van der Waals surface area contributed by atoms with Crippen molar-refractivity contribution in [1.29, 1.82) is 0 Å². The highest BCUT2D eigenvalue weighted by Crippen LogP contribution is 2.31. The number of methoxy groups -OCH3 is 1. The van der Waals surface area contributed by atoms with E-state index in [1.54, 1.807) is 18.2 Å². The Kier molecular flexibility index (Phi) is 4.90. The molecule has 106 valence electrons. The molecule has 1 unspecified atom stereocenters. The Balaban J connectivity index is 2.52. The lowest BCUT2D eigenvalue weighted by atomic mass is 9.98. The van der Waals surface area contributed by atoms with Gasteiger partial charge in [0.25, 0.3) is 0 Å². The molecule has 0 aliphatic heterocycles. The first-order chi connectivity index (χ1) is 9.58. The second-order valence-electron chi connectivity index (χ2n) is 4.13. The summed E-state index contributed by atoms with van der Waals surface area (Å²) in [5.74, 6) is 4.85. The van der Waals surface area contributed by atoms with E-state index in [1.165, 1.54) is 25.3 Å². The lowest BCUT2D eigenvalue weighted by Crippen LogP contribution is -2.30. The maximum Gasteiger partial charge on any atom is 0.170 e. The molecule has 0 spiro atoms. The molecule has 0 aromatic heterocycles. The smallest absolute Gasteiger partial charge is 0.170 e. The molecule has 0 saturated carbocycles. The van der Waals surface area contributed by atoms with Crippen molar-refractivity contribution in [2.24, 2.45) is 5.84 Å². The first-order valence-corrected chi connectivity index (χ1v) is 6.89. The van der Waals surface area contributed by atoms with Crippen molar-refractivity contribution in [2.75, 3.05) is 7.11 Å². The van der Waals surface area contributed by atoms with E-state index in [2.05, 4.69) is 5.43 Å². The fourth-order valence-electron chi connectivity index (χ4n) is 1.99. The molecule has 2 aromatic carbocycles. The Hall–Kier alpha value is -1.25. The van der Waals surface area contributed by atoms with Crippen LogP contribution in [-0.2, 0) is 0 Å². The van der Waals surface area contributed by atoms with E-state index < -0.39 is 11.9 Å². The highest BCUT2D eigenvalue weighted by molar-refractivity contribution is 14.1. The molecule has 3 nitrogen and oxygen atoms in total. The summed E-state index contributed by atoms with van der Waals surface area (Å²) in [7, 11) is 1.40. The van der Waals surface area contributed by atoms with Crippen LogP contribution in [0.25, 0.3) is 0 Å². The number of nitrogens with two attached hydrogens (primary N) is 1. The van der Waals surface area contributed by atoms with E-state index in [-0.39, 0.29) is 11.6 Å². The molecule has 0 heterocycles. The van der Waals surface area contributed by atoms with Gasteiger partial charge in [-0.2, -0.15) is 0 Å². The van der Waals surface area contributed by atoms with Crippen LogP contribution in [-0.4, -0.2) is 7.11 Å². The minimum Gasteiger partial charge on any atom is -0.494 e. The number of hydrogen-bond acceptors (Lipinski definition) is 3. The van der Waals surface area contributed by atoms with Gasteiger partial charge in [0.2, 0.25) is 0 Å². The van der Waals surface area contributed by atoms with Gasteiger partial charge in [0.1, 0.15) is 5.82 Å². The molecule has 20 heavy (non-hydrogen) atoms. The molecule has 0 aliphatic rings. The Morgan fingerprint density at radius 1 is 1.20 bits per heavy atom. The zero-order chi connectivity index (χ0) is 14.7. The molecule has 1 atom stereocenters. The van der Waals surface area contributed by atoms with Gasteiger partial charge >= 0.3 is 0 Å². The number of benzene rings is 2. The minimum atomic E-state index is -0.586. The first kappa shape index (κ1) is 15.1. The molecule has 0 bridgehead atoms. The van der Waals surface area contributed by atoms with Crippen molar-refractivity contribution >= 4 is 22.6 Å². The van der Waals surface area contributed by atoms with E-state index in [0.29, 0.717) is 14.7 Å². The van der Waals surface area contributed by atoms with Crippen molar-refractivity contribution in [3.05, 3.63) is 62.7 Å². The van der Waals surface area contributed by atoms with Crippen molar-refractivity contribution < 1.29 is 13.5 Å². The summed E-state index contributed by atoms with van der Waals surface area (Å²) in [4.78, 5) is 0. The van der Waals surface area contributed by atoms with Gasteiger partial charge in [0, 0.05) is 9.13 Å². The van der Waals surface area contributed by atoms with Gasteiger partial charge in [0.05, 0.1) is 13.2 Å². The molecule has 3 N–H and O–H groups in total. The van der Waals surface area contributed by atoms with Gasteiger partial charge in [0.15, 0.2) is 11.6 Å². The van der Waals surface area contributed by atoms with Crippen molar-refractivity contribution in [1.82, 2.24) is 5.43 Å². The summed E-state index contributed by atoms with van der Waals surface area (Å²) in [5.41, 5.74) is 3.60. The fourth-order valence-corrected chi connectivity index (χ4v) is 2.78. The summed E-state index contributed by atoms with van der Waals surface area (Å²) in [6.07, 6.45) is 0. The molecular weight excluding hydrogens is 377 g/mol. The number of hydrazine groups is 1. The van der Waals surface area contributed by atoms with Crippen LogP contribution in [0, 0.1) is 15.2 Å². The number of halogens is 3. The lowest BCUT2D eigenvalue weighted by molar-refractivity contribution is 0.381. The van der Waals surface area contributed by atoms with Crippen molar-refractivity contribution in [3.63, 3.8) is 0 Å². The zero-order valence-electron chi connectivity index (χ0n) is 10.7. The van der Waals surface area contributed by atoms with E-state index in [0.717, 1.165) is 0 Å². The third-order valence-electron chi connectivity index (χ3n) is 2.96. The molecule has 0 saturated heterocycles. The van der Waals surface area contributed by atoms with Crippen LogP contribution in [0.3, 0.4) is 0 Å². The molecule has 2 rings (SSSR count). The average Bonchev–Trinajstić information content (AvgIpc) is 2.43. The largest absolute Gasteiger partial charge is 0.494 e. The predicted molar refractivity (Wildman–Crippen MR) is 81.2 cm³/mol. The van der Waals surface area contributed by atoms with Crippen molar-refractivity contribution in [2.45, 2.75) is 6.04 Å². The molecule has 2 aromatic rings. The molecular formula is C14H13F2IN2O. The predicted octanol–water partition coefficient (Wildman–Crippen LogP) is 3.13. The standard InChI is InChI=1S/C14H13F2IN2O/c1-20-12-4-2-3-10(13(12)16)14(19-18)9-6-5-8(15)7-11(9)17/h2-7,14,19H,18H2,1H3. The van der Waals surface area contributed by atoms with Crippen molar-refractivity contribution in [3.8, 4) is 5.75 Å². The maximum absolute atomic E-state index is 14.3.